The molecule has 3 saturated heterocycles. The number of H-pyrrole nitrogens is 2. The number of aromatic nitrogens is 4. The van der Waals surface area contributed by atoms with E-state index in [1.165, 1.54) is 12.2 Å². The fraction of sp³-hybridized carbons (Fsp3) is 0.372. The Bertz CT molecular complexity index is 5310. The Morgan fingerprint density at radius 1 is 0.500 bits per heavy atom. The molecule has 6 aliphatic heterocycles. The van der Waals surface area contributed by atoms with Crippen LogP contribution >= 0.6 is 0 Å². The highest BCUT2D eigenvalue weighted by Gasteiger charge is 2.48. The molecule has 668 valence electrons. The second-order valence-electron chi connectivity index (χ2n) is 30.4. The summed E-state index contributed by atoms with van der Waals surface area (Å²) < 4.78 is 41.8. The van der Waals surface area contributed by atoms with Crippen LogP contribution in [0.1, 0.15) is 67.7 Å². The van der Waals surface area contributed by atoms with Gasteiger partial charge in [0.2, 0.25) is 48.4 Å². The van der Waals surface area contributed by atoms with Gasteiger partial charge in [-0.3, -0.25) is 34.2 Å². The maximum atomic E-state index is 14.4. The second kappa shape index (κ2) is 41.0. The van der Waals surface area contributed by atoms with Crippen LogP contribution in [-0.4, -0.2) is 295 Å². The number of rotatable bonds is 26. The number of nitrogens with zero attached hydrogens (tertiary/aromatic N) is 2. The fourth-order valence-electron chi connectivity index (χ4n) is 15.1. The standard InChI is InChI=1S/C86H96N12O28/c87-86(88)89-33-5-10-55-79(115)90-36-64(103)96-58(35-65(104)105)81(117)98-57(82(118)119)9-3-2-8-56(80(116)97-55)95-63(102)12-6-34-120-59-11-4-1-7-46(59)69-53-31-29-51(93-53)67(41-15-21-44(22-16-41)122-84-77(113)74(110)71(107)61(38-100)125-84)49-27-25-47(91-49)66(40-13-19-43(20-14-40)121-83-76(112)73(109)70(106)60(37-99)124-83)48-26-28-50(92-48)68(52-30-32-54(69)94-52)42-17-23-45(24-18-42)123-85-78(114)75(111)72(108)62(39-101)126-85/h1-4,7,11,13-32,55-58,60-62,70-78,83-85,91,94,99-101,106-114H,5-6,8-10,12,33-39H2,(H,90,115)(H,95,102)(H,96,103)(H,97,116)(H,98,117)(H,104,105)(H,118,119)(H4,87,88,89)/b3-2+,66-47?,66-48?,67-49?,67-51?,68-50?,68-52?,69-53?,69-54?/t55?,56?,57?,58-,60+,61+,62+,70+,71+,72+,73-,74-,75-,76+,77+,78+,83+,84+,85+/m0/s1. The number of benzene rings is 4. The fourth-order valence-corrected chi connectivity index (χ4v) is 15.1. The number of aromatic amines is 2. The van der Waals surface area contributed by atoms with Crippen molar-refractivity contribution in [1.82, 2.24) is 51.8 Å². The van der Waals surface area contributed by atoms with Crippen molar-refractivity contribution in [2.75, 3.05) is 39.5 Å². The SMILES string of the molecule is N=C(N)NCCCC1NC(=O)C(NC(=O)CCCOc2ccccc2-c2c3nc(c(-c4ccc(O[C@@H]5O[C@H](CO)[C@@H](O)[C@H](O)[C@H]5O)cc4)c4ccc([nH]4)c(-c4ccc(O[C@@H]5O[C@H](CO)[C@@H](O)[C@H](O)[C@H]5O)cc4)c4nc(c(-c5ccc(O[C@@H]6O[C@H](CO)[C@@H](O)[C@H](O)[C@H]6O)cc5)c5ccc2[nH]5)C=C4)C=C3)C/C=C/CC(C(=O)O)NC(=O)[C@H](CC(=O)O)NC(=O)CNC1=O. The van der Waals surface area contributed by atoms with E-state index in [9.17, 15) is 105 Å². The largest absolute Gasteiger partial charge is 0.493 e. The molecule has 3 aromatic heterocycles. The Balaban J connectivity index is 0.886. The molecule has 40 nitrogen and oxygen atoms in total. The number of carboxylic acid groups (broad SMARTS) is 2. The normalized spacial score (nSPS) is 26.8. The minimum Gasteiger partial charge on any atom is -0.493 e. The summed E-state index contributed by atoms with van der Waals surface area (Å²) in [6, 6.07) is 27.8. The first-order chi connectivity index (χ1) is 60.6. The molecule has 7 aromatic rings. The molecule has 25 N–H and O–H groups in total. The van der Waals surface area contributed by atoms with E-state index in [-0.39, 0.29) is 68.5 Å². The predicted molar refractivity (Wildman–Crippen MR) is 447 cm³/mol. The number of hydrogen-bond acceptors (Lipinski definition) is 29. The quantitative estimate of drug-likeness (QED) is 0.0137. The van der Waals surface area contributed by atoms with Gasteiger partial charge in [-0.1, -0.05) is 66.7 Å². The molecular weight excluding hydrogens is 1650 g/mol. The van der Waals surface area contributed by atoms with Crippen LogP contribution in [0.3, 0.4) is 0 Å². The van der Waals surface area contributed by atoms with Gasteiger partial charge in [0.1, 0.15) is 120 Å². The van der Waals surface area contributed by atoms with E-state index in [2.05, 4.69) is 41.9 Å². The Hall–Kier alpha value is -12.6. The third-order valence-corrected chi connectivity index (χ3v) is 21.7. The molecule has 0 radical (unpaired) electrons. The molecule has 0 aliphatic carbocycles. The molecule has 9 heterocycles. The number of carboxylic acids is 2. The molecular formula is C86H96N12O28. The van der Waals surface area contributed by atoms with Crippen LogP contribution in [0, 0.1) is 5.41 Å². The number of fused-ring (bicyclic) bond motifs is 8. The number of guanidine groups is 1. The number of carbonyl (C=O) groups is 7. The molecule has 3 fully saturated rings. The maximum absolute atomic E-state index is 14.4. The average molecular weight is 1750 g/mol. The van der Waals surface area contributed by atoms with Crippen LogP contribution in [0.5, 0.6) is 23.0 Å². The molecule has 6 aliphatic rings. The van der Waals surface area contributed by atoms with E-state index in [1.54, 1.807) is 121 Å². The Morgan fingerprint density at radius 3 is 1.37 bits per heavy atom. The van der Waals surface area contributed by atoms with Crippen LogP contribution in [0.15, 0.2) is 133 Å². The van der Waals surface area contributed by atoms with Crippen LogP contribution < -0.4 is 56.6 Å². The number of aliphatic carboxylic acids is 2. The molecule has 5 amide bonds. The van der Waals surface area contributed by atoms with Crippen LogP contribution in [0.4, 0.5) is 0 Å². The number of carbonyl (C=O) groups excluding carboxylic acids is 5. The number of para-hydroxylation sites is 1. The highest BCUT2D eigenvalue weighted by Crippen LogP contribution is 2.43. The van der Waals surface area contributed by atoms with Crippen molar-refractivity contribution in [2.24, 2.45) is 5.73 Å². The highest BCUT2D eigenvalue weighted by molar-refractivity contribution is 6.01. The van der Waals surface area contributed by atoms with E-state index in [0.717, 1.165) is 0 Å². The first kappa shape index (κ1) is 91.1. The topological polar surface area (TPSA) is 647 Å². The summed E-state index contributed by atoms with van der Waals surface area (Å²) in [5.41, 5.74) is 13.1. The first-order valence-electron chi connectivity index (χ1n) is 40.3. The summed E-state index contributed by atoms with van der Waals surface area (Å²) >= 11 is 0. The zero-order chi connectivity index (χ0) is 89.7. The molecule has 13 rings (SSSR count). The number of hydrogen-bond donors (Lipinski definition) is 24. The van der Waals surface area contributed by atoms with E-state index in [0.29, 0.717) is 95.1 Å². The number of aliphatic hydroxyl groups excluding tert-OH is 12. The Morgan fingerprint density at radius 2 is 0.937 bits per heavy atom. The molecule has 19 atom stereocenters. The van der Waals surface area contributed by atoms with Crippen molar-refractivity contribution in [3.63, 3.8) is 0 Å². The highest BCUT2D eigenvalue weighted by atomic mass is 16.7. The van der Waals surface area contributed by atoms with Crippen molar-refractivity contribution in [2.45, 2.75) is 161 Å². The second-order valence-corrected chi connectivity index (χ2v) is 30.4. The smallest absolute Gasteiger partial charge is 0.326 e. The predicted octanol–water partition coefficient (Wildman–Crippen LogP) is -0.753. The number of nitrogens with one attached hydrogen (secondary N) is 9. The van der Waals surface area contributed by atoms with Crippen LogP contribution in [0.25, 0.3) is 90.9 Å². The molecule has 3 unspecified atom stereocenters. The van der Waals surface area contributed by atoms with Gasteiger partial charge in [-0.25, -0.2) is 14.8 Å². The van der Waals surface area contributed by atoms with Gasteiger partial charge in [-0.15, -0.1) is 0 Å². The van der Waals surface area contributed by atoms with Crippen LogP contribution in [-0.2, 0) is 47.8 Å². The molecule has 0 spiro atoms. The lowest BCUT2D eigenvalue weighted by Crippen LogP contribution is -2.60. The summed E-state index contributed by atoms with van der Waals surface area (Å²) in [4.78, 5) is 111. The third-order valence-electron chi connectivity index (χ3n) is 21.7. The zero-order valence-electron chi connectivity index (χ0n) is 67.1. The van der Waals surface area contributed by atoms with Gasteiger partial charge < -0.3 is 152 Å². The molecule has 40 heteroatoms. The van der Waals surface area contributed by atoms with Gasteiger partial charge >= 0.3 is 11.9 Å². The van der Waals surface area contributed by atoms with E-state index in [1.807, 2.05) is 24.3 Å². The summed E-state index contributed by atoms with van der Waals surface area (Å²) in [5.74, 6) is -7.32. The lowest BCUT2D eigenvalue weighted by atomic mass is 9.99. The number of nitrogens with two attached hydrogens (primary N) is 1. The van der Waals surface area contributed by atoms with Gasteiger partial charge in [0.15, 0.2) is 5.96 Å². The van der Waals surface area contributed by atoms with E-state index in [4.69, 9.17) is 54.3 Å². The van der Waals surface area contributed by atoms with Crippen molar-refractivity contribution < 1.29 is 138 Å². The Kier molecular flexibility index (Phi) is 29.6. The minimum absolute atomic E-state index is 0.0106. The average Bonchev–Trinajstić information content (AvgIpc) is 1.61. The maximum Gasteiger partial charge on any atom is 0.326 e. The lowest BCUT2D eigenvalue weighted by molar-refractivity contribution is -0.277. The van der Waals surface area contributed by atoms with E-state index < -0.39 is 197 Å². The van der Waals surface area contributed by atoms with Gasteiger partial charge in [0, 0.05) is 62.8 Å². The van der Waals surface area contributed by atoms with Crippen molar-refractivity contribution in [3.8, 4) is 67.5 Å². The van der Waals surface area contributed by atoms with Gasteiger partial charge in [0.25, 0.3) is 0 Å². The van der Waals surface area contributed by atoms with Crippen molar-refractivity contribution in [3.05, 3.63) is 156 Å². The van der Waals surface area contributed by atoms with Crippen molar-refractivity contribution in [1.29, 1.82) is 5.41 Å². The number of ether oxygens (including phenoxy) is 7. The van der Waals surface area contributed by atoms with Gasteiger partial charge in [0.05, 0.1) is 62.2 Å². The van der Waals surface area contributed by atoms with E-state index >= 15 is 0 Å². The molecule has 126 heavy (non-hydrogen) atoms. The summed E-state index contributed by atoms with van der Waals surface area (Å²) in [6.45, 7) is -2.99. The molecule has 0 saturated carbocycles. The number of aliphatic hydroxyl groups is 12. The van der Waals surface area contributed by atoms with Crippen molar-refractivity contribution >= 4 is 93.8 Å². The number of amides is 5. The third kappa shape index (κ3) is 21.3. The summed E-state index contributed by atoms with van der Waals surface area (Å²) in [6.07, 6.45) is -15.8. The first-order valence-corrected chi connectivity index (χ1v) is 40.3. The summed E-state index contributed by atoms with van der Waals surface area (Å²) in [7, 11) is 0. The Labute approximate surface area is 716 Å². The zero-order valence-corrected chi connectivity index (χ0v) is 67.1. The van der Waals surface area contributed by atoms with Crippen LogP contribution in [0.2, 0.25) is 0 Å². The molecule has 4 aromatic carbocycles. The molecule has 8 bridgehead atoms. The van der Waals surface area contributed by atoms with Gasteiger partial charge in [-0.05, 0) is 140 Å². The summed E-state index contributed by atoms with van der Waals surface area (Å²) in [5, 5.41) is 168. The van der Waals surface area contributed by atoms with Gasteiger partial charge in [-0.2, -0.15) is 0 Å². The minimum atomic E-state index is -1.77. The lowest BCUT2D eigenvalue weighted by Gasteiger charge is -2.39. The monoisotopic (exact) mass is 1740 g/mol.